The first-order chi connectivity index (χ1) is 11.8. The fourth-order valence-electron chi connectivity index (χ4n) is 2.79. The largest absolute Gasteiger partial charge is 0.334 e. The van der Waals surface area contributed by atoms with E-state index < -0.39 is 0 Å². The van der Waals surface area contributed by atoms with Gasteiger partial charge in [0.05, 0.1) is 6.54 Å². The molecule has 0 aliphatic rings. The highest BCUT2D eigenvalue weighted by Gasteiger charge is 2.09. The van der Waals surface area contributed by atoms with Gasteiger partial charge in [-0.05, 0) is 44.4 Å². The third kappa shape index (κ3) is 5.64. The lowest BCUT2D eigenvalue weighted by Crippen LogP contribution is -2.39. The second-order valence-corrected chi connectivity index (χ2v) is 6.35. The van der Waals surface area contributed by atoms with Gasteiger partial charge in [-0.15, -0.1) is 0 Å². The van der Waals surface area contributed by atoms with E-state index in [-0.39, 0.29) is 18.5 Å². The Labute approximate surface area is 148 Å². The molecular formula is C20H25N3O2. The van der Waals surface area contributed by atoms with Crippen LogP contribution in [-0.4, -0.2) is 18.5 Å². The molecule has 0 aliphatic carbocycles. The Kier molecular flexibility index (Phi) is 6.17. The van der Waals surface area contributed by atoms with Crippen LogP contribution in [0.4, 0.5) is 10.5 Å². The molecule has 0 saturated heterocycles. The number of benzene rings is 2. The van der Waals surface area contributed by atoms with Crippen LogP contribution in [0.1, 0.15) is 27.8 Å². The number of anilines is 1. The Morgan fingerprint density at radius 1 is 0.880 bits per heavy atom. The minimum absolute atomic E-state index is 0.0770. The normalized spacial score (nSPS) is 10.2. The Bertz CT molecular complexity index is 761. The number of hydrogen-bond acceptors (Lipinski definition) is 2. The first-order valence-electron chi connectivity index (χ1n) is 8.30. The summed E-state index contributed by atoms with van der Waals surface area (Å²) in [6, 6.07) is 11.6. The standard InChI is InChI=1S/C20H25N3O2/c1-13-6-5-7-17(10-13)11-21-20(25)22-12-18(24)23-19-15(3)8-14(2)9-16(19)4/h5-10H,11-12H2,1-4H3,(H,23,24)(H2,21,22,25). The number of carbonyl (C=O) groups excluding carboxylic acids is 2. The number of hydrogen-bond donors (Lipinski definition) is 3. The average molecular weight is 339 g/mol. The minimum atomic E-state index is -0.367. The van der Waals surface area contributed by atoms with E-state index in [1.165, 1.54) is 0 Å². The van der Waals surface area contributed by atoms with Crippen molar-refractivity contribution in [1.29, 1.82) is 0 Å². The van der Waals surface area contributed by atoms with E-state index in [1.54, 1.807) is 0 Å². The van der Waals surface area contributed by atoms with E-state index in [0.717, 1.165) is 33.5 Å². The summed E-state index contributed by atoms with van der Waals surface area (Å²) in [6.45, 7) is 8.28. The molecule has 0 radical (unpaired) electrons. The third-order valence-electron chi connectivity index (χ3n) is 3.89. The zero-order valence-corrected chi connectivity index (χ0v) is 15.2. The zero-order valence-electron chi connectivity index (χ0n) is 15.2. The van der Waals surface area contributed by atoms with Gasteiger partial charge >= 0.3 is 6.03 Å². The lowest BCUT2D eigenvalue weighted by atomic mass is 10.1. The lowest BCUT2D eigenvalue weighted by Gasteiger charge is -2.13. The van der Waals surface area contributed by atoms with Gasteiger partial charge in [0.25, 0.3) is 0 Å². The van der Waals surface area contributed by atoms with Crippen LogP contribution in [0.15, 0.2) is 36.4 Å². The number of carbonyl (C=O) groups is 2. The molecule has 0 bridgehead atoms. The smallest absolute Gasteiger partial charge is 0.315 e. The molecule has 2 rings (SSSR count). The maximum atomic E-state index is 12.1. The number of nitrogens with one attached hydrogen (secondary N) is 3. The predicted octanol–water partition coefficient (Wildman–Crippen LogP) is 3.36. The molecule has 3 N–H and O–H groups in total. The SMILES string of the molecule is Cc1cccc(CNC(=O)NCC(=O)Nc2c(C)cc(C)cc2C)c1. The fraction of sp³-hybridized carbons (Fsp3) is 0.300. The maximum absolute atomic E-state index is 12.1. The first kappa shape index (κ1) is 18.5. The summed E-state index contributed by atoms with van der Waals surface area (Å²) in [5, 5.41) is 8.18. The molecule has 0 atom stereocenters. The Hall–Kier alpha value is -2.82. The molecule has 0 fully saturated rings. The van der Waals surface area contributed by atoms with Crippen molar-refractivity contribution < 1.29 is 9.59 Å². The van der Waals surface area contributed by atoms with Crippen LogP contribution in [-0.2, 0) is 11.3 Å². The Morgan fingerprint density at radius 3 is 2.20 bits per heavy atom. The van der Waals surface area contributed by atoms with Gasteiger partial charge in [-0.3, -0.25) is 4.79 Å². The van der Waals surface area contributed by atoms with E-state index in [9.17, 15) is 9.59 Å². The van der Waals surface area contributed by atoms with Crippen molar-refractivity contribution in [2.45, 2.75) is 34.2 Å². The highest BCUT2D eigenvalue weighted by atomic mass is 16.2. The molecule has 5 nitrogen and oxygen atoms in total. The molecule has 2 aromatic rings. The zero-order chi connectivity index (χ0) is 18.4. The minimum Gasteiger partial charge on any atom is -0.334 e. The molecule has 0 saturated carbocycles. The molecule has 132 valence electrons. The second-order valence-electron chi connectivity index (χ2n) is 6.35. The van der Waals surface area contributed by atoms with Crippen LogP contribution < -0.4 is 16.0 Å². The van der Waals surface area contributed by atoms with E-state index >= 15 is 0 Å². The van der Waals surface area contributed by atoms with Gasteiger partial charge in [0.2, 0.25) is 5.91 Å². The van der Waals surface area contributed by atoms with Crippen LogP contribution >= 0.6 is 0 Å². The molecule has 3 amide bonds. The number of urea groups is 1. The number of aryl methyl sites for hydroxylation is 4. The van der Waals surface area contributed by atoms with Gasteiger partial charge in [-0.1, -0.05) is 47.5 Å². The van der Waals surface area contributed by atoms with Crippen molar-refractivity contribution in [2.24, 2.45) is 0 Å². The van der Waals surface area contributed by atoms with Crippen LogP contribution in [0.2, 0.25) is 0 Å². The van der Waals surface area contributed by atoms with Gasteiger partial charge in [0.15, 0.2) is 0 Å². The fourth-order valence-corrected chi connectivity index (χ4v) is 2.79. The lowest BCUT2D eigenvalue weighted by molar-refractivity contribution is -0.115. The Balaban J connectivity index is 1.81. The van der Waals surface area contributed by atoms with Crippen molar-refractivity contribution in [3.63, 3.8) is 0 Å². The molecule has 0 unspecified atom stereocenters. The Morgan fingerprint density at radius 2 is 1.56 bits per heavy atom. The molecule has 25 heavy (non-hydrogen) atoms. The average Bonchev–Trinajstić information content (AvgIpc) is 2.54. The molecule has 0 aromatic heterocycles. The highest BCUT2D eigenvalue weighted by Crippen LogP contribution is 2.21. The van der Waals surface area contributed by atoms with E-state index in [2.05, 4.69) is 16.0 Å². The number of rotatable bonds is 5. The number of amides is 3. The van der Waals surface area contributed by atoms with Crippen molar-refractivity contribution >= 4 is 17.6 Å². The van der Waals surface area contributed by atoms with Crippen LogP contribution in [0.25, 0.3) is 0 Å². The third-order valence-corrected chi connectivity index (χ3v) is 3.89. The summed E-state index contributed by atoms with van der Waals surface area (Å²) in [6.07, 6.45) is 0. The summed E-state index contributed by atoms with van der Waals surface area (Å²) >= 11 is 0. The van der Waals surface area contributed by atoms with Crippen LogP contribution in [0.3, 0.4) is 0 Å². The predicted molar refractivity (Wildman–Crippen MR) is 101 cm³/mol. The maximum Gasteiger partial charge on any atom is 0.315 e. The quantitative estimate of drug-likeness (QED) is 0.782. The van der Waals surface area contributed by atoms with Crippen molar-refractivity contribution in [1.82, 2.24) is 10.6 Å². The summed E-state index contributed by atoms with van der Waals surface area (Å²) in [5.41, 5.74) is 6.14. The van der Waals surface area contributed by atoms with E-state index in [4.69, 9.17) is 0 Å². The summed E-state index contributed by atoms with van der Waals surface area (Å²) in [7, 11) is 0. The van der Waals surface area contributed by atoms with Gasteiger partial charge in [0.1, 0.15) is 0 Å². The molecule has 5 heteroatoms. The monoisotopic (exact) mass is 339 g/mol. The summed E-state index contributed by atoms with van der Waals surface area (Å²) < 4.78 is 0. The second kappa shape index (κ2) is 8.33. The molecule has 0 spiro atoms. The van der Waals surface area contributed by atoms with Crippen LogP contribution in [0, 0.1) is 27.7 Å². The first-order valence-corrected chi connectivity index (χ1v) is 8.30. The molecule has 0 heterocycles. The van der Waals surface area contributed by atoms with Crippen molar-refractivity contribution in [2.75, 3.05) is 11.9 Å². The molecular weight excluding hydrogens is 314 g/mol. The molecule has 2 aromatic carbocycles. The summed E-state index contributed by atoms with van der Waals surface area (Å²) in [4.78, 5) is 23.9. The van der Waals surface area contributed by atoms with E-state index in [1.807, 2.05) is 64.1 Å². The molecule has 0 aliphatic heterocycles. The summed E-state index contributed by atoms with van der Waals surface area (Å²) in [5.74, 6) is -0.249. The topological polar surface area (TPSA) is 70.2 Å². The van der Waals surface area contributed by atoms with Crippen LogP contribution in [0.5, 0.6) is 0 Å². The highest BCUT2D eigenvalue weighted by molar-refractivity contribution is 5.95. The van der Waals surface area contributed by atoms with Gasteiger partial charge in [-0.2, -0.15) is 0 Å². The van der Waals surface area contributed by atoms with E-state index in [0.29, 0.717) is 6.54 Å². The van der Waals surface area contributed by atoms with Gasteiger partial charge < -0.3 is 16.0 Å². The van der Waals surface area contributed by atoms with Gasteiger partial charge in [0, 0.05) is 12.2 Å². The van der Waals surface area contributed by atoms with Gasteiger partial charge in [-0.25, -0.2) is 4.79 Å². The van der Waals surface area contributed by atoms with Crippen molar-refractivity contribution in [3.8, 4) is 0 Å². The van der Waals surface area contributed by atoms with Crippen molar-refractivity contribution in [3.05, 3.63) is 64.2 Å².